The minimum Gasteiger partial charge on any atom is -0.484 e. The van der Waals surface area contributed by atoms with Gasteiger partial charge in [-0.2, -0.15) is 13.2 Å². The summed E-state index contributed by atoms with van der Waals surface area (Å²) in [5.41, 5.74) is 0.928. The van der Waals surface area contributed by atoms with Gasteiger partial charge in [0.25, 0.3) is 0 Å². The van der Waals surface area contributed by atoms with E-state index < -0.39 is 12.8 Å². The van der Waals surface area contributed by atoms with Crippen LogP contribution in [0, 0.1) is 5.92 Å². The average Bonchev–Trinajstić information content (AvgIpc) is 2.70. The number of alkyl halides is 3. The molecule has 1 fully saturated rings. The summed E-state index contributed by atoms with van der Waals surface area (Å²) >= 11 is 0. The van der Waals surface area contributed by atoms with E-state index in [4.69, 9.17) is 4.74 Å². The second-order valence-electron chi connectivity index (χ2n) is 8.01. The summed E-state index contributed by atoms with van der Waals surface area (Å²) < 4.78 is 41.4. The van der Waals surface area contributed by atoms with Crippen LogP contribution in [0.4, 0.5) is 13.2 Å². The zero-order chi connectivity index (χ0) is 22.1. The van der Waals surface area contributed by atoms with Crippen LogP contribution in [0.2, 0.25) is 0 Å². The number of guanidine groups is 1. The van der Waals surface area contributed by atoms with Crippen LogP contribution in [-0.2, 0) is 6.54 Å². The number of aliphatic imine (C=N–C) groups is 1. The molecule has 6 nitrogen and oxygen atoms in total. The fraction of sp³-hybridized carbons (Fsp3) is 0.667. The second-order valence-corrected chi connectivity index (χ2v) is 8.01. The minimum atomic E-state index is -4.34. The van der Waals surface area contributed by atoms with Gasteiger partial charge < -0.3 is 20.3 Å². The molecular weight excluding hydrogens is 395 g/mol. The summed E-state index contributed by atoms with van der Waals surface area (Å²) in [5, 5.41) is 6.67. The van der Waals surface area contributed by atoms with Gasteiger partial charge in [0.05, 0.1) is 0 Å². The molecule has 0 aromatic heterocycles. The molecule has 1 heterocycles. The zero-order valence-corrected chi connectivity index (χ0v) is 18.3. The maximum atomic E-state index is 12.2. The number of piperazine rings is 1. The van der Waals surface area contributed by atoms with Crippen molar-refractivity contribution in [3.8, 4) is 5.75 Å². The van der Waals surface area contributed by atoms with Crippen molar-refractivity contribution in [1.29, 1.82) is 0 Å². The van der Waals surface area contributed by atoms with Crippen LogP contribution in [0.3, 0.4) is 0 Å². The Morgan fingerprint density at radius 3 is 2.27 bits per heavy atom. The molecular formula is C21H34F3N5O. The number of rotatable bonds is 8. The summed E-state index contributed by atoms with van der Waals surface area (Å²) in [6.45, 7) is 8.80. The van der Waals surface area contributed by atoms with Crippen molar-refractivity contribution in [2.45, 2.75) is 32.6 Å². The Balaban J connectivity index is 1.81. The molecule has 1 atom stereocenters. The fourth-order valence-corrected chi connectivity index (χ4v) is 3.42. The van der Waals surface area contributed by atoms with Crippen molar-refractivity contribution in [2.24, 2.45) is 10.9 Å². The van der Waals surface area contributed by atoms with Crippen molar-refractivity contribution in [3.63, 3.8) is 0 Å². The van der Waals surface area contributed by atoms with Crippen LogP contribution in [0.25, 0.3) is 0 Å². The highest BCUT2D eigenvalue weighted by molar-refractivity contribution is 5.79. The molecule has 30 heavy (non-hydrogen) atoms. The van der Waals surface area contributed by atoms with Gasteiger partial charge in [-0.3, -0.25) is 9.89 Å². The van der Waals surface area contributed by atoms with Gasteiger partial charge in [-0.15, -0.1) is 0 Å². The molecule has 1 aliphatic heterocycles. The Hall–Kier alpha value is -2.00. The van der Waals surface area contributed by atoms with E-state index in [0.717, 1.165) is 38.3 Å². The molecule has 0 spiro atoms. The van der Waals surface area contributed by atoms with Crippen molar-refractivity contribution in [1.82, 2.24) is 20.4 Å². The molecule has 1 unspecified atom stereocenters. The molecule has 1 aromatic rings. The SMILES string of the molecule is CN=C(NCc1ccc(OCC(F)(F)F)cc1)NCC(C(C)C)N1CCN(C)CC1. The Kier molecular flexibility index (Phi) is 9.23. The Morgan fingerprint density at radius 2 is 1.73 bits per heavy atom. The van der Waals surface area contributed by atoms with E-state index in [1.165, 1.54) is 0 Å². The summed E-state index contributed by atoms with van der Waals surface area (Å²) in [6, 6.07) is 6.99. The Morgan fingerprint density at radius 1 is 1.10 bits per heavy atom. The molecule has 1 aliphatic rings. The van der Waals surface area contributed by atoms with Gasteiger partial charge in [-0.1, -0.05) is 26.0 Å². The minimum absolute atomic E-state index is 0.200. The van der Waals surface area contributed by atoms with E-state index in [1.807, 2.05) is 0 Å². The monoisotopic (exact) mass is 429 g/mol. The molecule has 170 valence electrons. The van der Waals surface area contributed by atoms with Gasteiger partial charge in [0.1, 0.15) is 5.75 Å². The van der Waals surface area contributed by atoms with Gasteiger partial charge in [0.2, 0.25) is 0 Å². The Bertz CT molecular complexity index is 656. The van der Waals surface area contributed by atoms with Crippen LogP contribution < -0.4 is 15.4 Å². The molecule has 0 saturated carbocycles. The molecule has 2 rings (SSSR count). The highest BCUT2D eigenvalue weighted by atomic mass is 19.4. The predicted octanol–water partition coefficient (Wildman–Crippen LogP) is 2.56. The normalized spacial score (nSPS) is 17.8. The van der Waals surface area contributed by atoms with Crippen molar-refractivity contribution < 1.29 is 17.9 Å². The third kappa shape index (κ3) is 8.39. The van der Waals surface area contributed by atoms with Gasteiger partial charge in [0.15, 0.2) is 12.6 Å². The van der Waals surface area contributed by atoms with E-state index in [9.17, 15) is 13.2 Å². The lowest BCUT2D eigenvalue weighted by atomic mass is 10.0. The number of ether oxygens (including phenoxy) is 1. The van der Waals surface area contributed by atoms with Gasteiger partial charge in [-0.25, -0.2) is 0 Å². The summed E-state index contributed by atoms with van der Waals surface area (Å²) in [5.74, 6) is 1.42. The van der Waals surface area contributed by atoms with Crippen molar-refractivity contribution in [3.05, 3.63) is 29.8 Å². The van der Waals surface area contributed by atoms with Crippen LogP contribution >= 0.6 is 0 Å². The van der Waals surface area contributed by atoms with E-state index in [-0.39, 0.29) is 5.75 Å². The van der Waals surface area contributed by atoms with Gasteiger partial charge >= 0.3 is 6.18 Å². The topological polar surface area (TPSA) is 52.1 Å². The van der Waals surface area contributed by atoms with Gasteiger partial charge in [-0.05, 0) is 30.7 Å². The third-order valence-electron chi connectivity index (χ3n) is 5.26. The number of halogens is 3. The lowest BCUT2D eigenvalue weighted by Gasteiger charge is -2.40. The maximum Gasteiger partial charge on any atom is 0.422 e. The smallest absolute Gasteiger partial charge is 0.422 e. The van der Waals surface area contributed by atoms with Crippen LogP contribution in [0.1, 0.15) is 19.4 Å². The first-order valence-corrected chi connectivity index (χ1v) is 10.3. The van der Waals surface area contributed by atoms with Crippen LogP contribution in [-0.4, -0.2) is 81.4 Å². The number of hydrogen-bond acceptors (Lipinski definition) is 4. The number of nitrogens with zero attached hydrogens (tertiary/aromatic N) is 3. The number of nitrogens with one attached hydrogen (secondary N) is 2. The number of benzene rings is 1. The molecule has 1 saturated heterocycles. The lowest BCUT2D eigenvalue weighted by Crippen LogP contribution is -2.55. The highest BCUT2D eigenvalue weighted by Crippen LogP contribution is 2.19. The van der Waals surface area contributed by atoms with E-state index in [1.54, 1.807) is 31.3 Å². The first-order valence-electron chi connectivity index (χ1n) is 10.3. The molecule has 9 heteroatoms. The molecule has 1 aromatic carbocycles. The second kappa shape index (κ2) is 11.4. The quantitative estimate of drug-likeness (QED) is 0.492. The van der Waals surface area contributed by atoms with E-state index in [0.29, 0.717) is 24.5 Å². The standard InChI is InChI=1S/C21H34F3N5O/c1-16(2)19(29-11-9-28(4)10-12-29)14-27-20(25-3)26-13-17-5-7-18(8-6-17)30-15-21(22,23)24/h5-8,16,19H,9-15H2,1-4H3,(H2,25,26,27). The fourth-order valence-electron chi connectivity index (χ4n) is 3.42. The first-order chi connectivity index (χ1) is 14.2. The molecule has 2 N–H and O–H groups in total. The predicted molar refractivity (Wildman–Crippen MR) is 114 cm³/mol. The largest absolute Gasteiger partial charge is 0.484 e. The zero-order valence-electron chi connectivity index (χ0n) is 18.3. The third-order valence-corrected chi connectivity index (χ3v) is 5.26. The van der Waals surface area contributed by atoms with Crippen molar-refractivity contribution >= 4 is 5.96 Å². The Labute approximate surface area is 177 Å². The molecule has 0 radical (unpaired) electrons. The van der Waals surface area contributed by atoms with Crippen LogP contribution in [0.15, 0.2) is 29.3 Å². The maximum absolute atomic E-state index is 12.2. The molecule has 0 aliphatic carbocycles. The molecule has 0 bridgehead atoms. The van der Waals surface area contributed by atoms with E-state index in [2.05, 4.69) is 46.3 Å². The number of likely N-dealkylation sites (N-methyl/N-ethyl adjacent to an activating group) is 1. The van der Waals surface area contributed by atoms with Crippen molar-refractivity contribution in [2.75, 3.05) is 53.4 Å². The average molecular weight is 430 g/mol. The van der Waals surface area contributed by atoms with E-state index >= 15 is 0 Å². The number of hydrogen-bond donors (Lipinski definition) is 2. The summed E-state index contributed by atoms with van der Waals surface area (Å²) in [6.07, 6.45) is -4.34. The molecule has 0 amide bonds. The summed E-state index contributed by atoms with van der Waals surface area (Å²) in [4.78, 5) is 9.16. The van der Waals surface area contributed by atoms with Crippen LogP contribution in [0.5, 0.6) is 5.75 Å². The van der Waals surface area contributed by atoms with Gasteiger partial charge in [0, 0.05) is 52.4 Å². The summed E-state index contributed by atoms with van der Waals surface area (Å²) in [7, 11) is 3.88. The highest BCUT2D eigenvalue weighted by Gasteiger charge is 2.28. The first kappa shape index (κ1) is 24.3. The lowest BCUT2D eigenvalue weighted by molar-refractivity contribution is -0.153.